The van der Waals surface area contributed by atoms with Gasteiger partial charge < -0.3 is 24.1 Å². The Labute approximate surface area is 185 Å². The van der Waals surface area contributed by atoms with E-state index in [4.69, 9.17) is 13.9 Å². The minimum absolute atomic E-state index is 0.0266. The molecule has 2 aliphatic rings. The Morgan fingerprint density at radius 1 is 1.06 bits per heavy atom. The molecule has 7 nitrogen and oxygen atoms in total. The molecule has 3 heterocycles. The van der Waals surface area contributed by atoms with Crippen molar-refractivity contribution < 1.29 is 18.7 Å². The number of fused-ring (bicyclic) bond motifs is 2. The Balaban J connectivity index is 1.29. The normalized spacial score (nSPS) is 17.9. The van der Waals surface area contributed by atoms with Crippen molar-refractivity contribution in [1.82, 2.24) is 4.90 Å². The van der Waals surface area contributed by atoms with Crippen LogP contribution in [0.5, 0.6) is 11.5 Å². The minimum Gasteiger partial charge on any atom is -0.490 e. The van der Waals surface area contributed by atoms with Crippen molar-refractivity contribution in [2.24, 2.45) is 0 Å². The van der Waals surface area contributed by atoms with Gasteiger partial charge in [0, 0.05) is 36.2 Å². The van der Waals surface area contributed by atoms with Gasteiger partial charge in [-0.1, -0.05) is 6.07 Å². The van der Waals surface area contributed by atoms with Gasteiger partial charge in [0.25, 0.3) is 0 Å². The molecule has 1 fully saturated rings. The zero-order valence-corrected chi connectivity index (χ0v) is 18.1. The molecule has 2 aromatic carbocycles. The Morgan fingerprint density at radius 2 is 1.91 bits per heavy atom. The van der Waals surface area contributed by atoms with E-state index >= 15 is 0 Å². The fourth-order valence-corrected chi connectivity index (χ4v) is 4.51. The molecule has 0 radical (unpaired) electrons. The maximum atomic E-state index is 13.1. The first-order valence-corrected chi connectivity index (χ1v) is 11.1. The summed E-state index contributed by atoms with van der Waals surface area (Å²) in [5.74, 6) is 1.55. The molecule has 0 unspecified atom stereocenters. The lowest BCUT2D eigenvalue weighted by Crippen LogP contribution is -2.35. The minimum atomic E-state index is -0.377. The molecular weight excluding hydrogens is 408 g/mol. The second-order valence-corrected chi connectivity index (χ2v) is 8.31. The van der Waals surface area contributed by atoms with Crippen LogP contribution in [0.15, 0.2) is 51.7 Å². The van der Waals surface area contributed by atoms with E-state index in [9.17, 15) is 9.59 Å². The Kier molecular flexibility index (Phi) is 5.47. The summed E-state index contributed by atoms with van der Waals surface area (Å²) in [4.78, 5) is 26.7. The molecule has 166 valence electrons. The molecule has 32 heavy (non-hydrogen) atoms. The third-order valence-corrected chi connectivity index (χ3v) is 6.12. The second-order valence-electron chi connectivity index (χ2n) is 8.31. The van der Waals surface area contributed by atoms with Gasteiger partial charge in [0.2, 0.25) is 5.91 Å². The van der Waals surface area contributed by atoms with E-state index in [0.717, 1.165) is 59.5 Å². The molecular formula is C25H26N2O5. The number of aryl methyl sites for hydroxylation is 1. The van der Waals surface area contributed by atoms with Crippen LogP contribution < -0.4 is 20.4 Å². The third kappa shape index (κ3) is 4.02. The van der Waals surface area contributed by atoms with Crippen molar-refractivity contribution in [1.29, 1.82) is 0 Å². The highest BCUT2D eigenvalue weighted by Crippen LogP contribution is 2.38. The van der Waals surface area contributed by atoms with Crippen molar-refractivity contribution in [3.05, 3.63) is 64.0 Å². The largest absolute Gasteiger partial charge is 0.490 e. The van der Waals surface area contributed by atoms with Gasteiger partial charge in [-0.05, 0) is 55.2 Å². The van der Waals surface area contributed by atoms with E-state index in [1.807, 2.05) is 42.2 Å². The summed E-state index contributed by atoms with van der Waals surface area (Å²) < 4.78 is 16.9. The number of carbonyl (C=O) groups excluding carboxylic acids is 1. The summed E-state index contributed by atoms with van der Waals surface area (Å²) >= 11 is 0. The van der Waals surface area contributed by atoms with Crippen molar-refractivity contribution in [3.63, 3.8) is 0 Å². The molecule has 0 aliphatic carbocycles. The lowest BCUT2D eigenvalue weighted by atomic mass is 10.0. The third-order valence-electron chi connectivity index (χ3n) is 6.12. The fraction of sp³-hybridized carbons (Fsp3) is 0.360. The Morgan fingerprint density at radius 3 is 2.78 bits per heavy atom. The van der Waals surface area contributed by atoms with E-state index in [-0.39, 0.29) is 24.1 Å². The molecule has 1 N–H and O–H groups in total. The van der Waals surface area contributed by atoms with Crippen LogP contribution in [-0.4, -0.2) is 37.1 Å². The Hall–Kier alpha value is -3.48. The van der Waals surface area contributed by atoms with Gasteiger partial charge in [0.15, 0.2) is 11.5 Å². The summed E-state index contributed by atoms with van der Waals surface area (Å²) in [5, 5.41) is 4.07. The number of carbonyl (C=O) groups is 1. The van der Waals surface area contributed by atoms with Gasteiger partial charge >= 0.3 is 5.63 Å². The number of hydrogen-bond donors (Lipinski definition) is 1. The van der Waals surface area contributed by atoms with Crippen LogP contribution in [0.1, 0.15) is 36.4 Å². The van der Waals surface area contributed by atoms with Crippen molar-refractivity contribution in [2.45, 2.75) is 32.2 Å². The van der Waals surface area contributed by atoms with Gasteiger partial charge in [-0.3, -0.25) is 4.79 Å². The first-order chi connectivity index (χ1) is 15.6. The maximum absolute atomic E-state index is 13.1. The summed E-state index contributed by atoms with van der Waals surface area (Å²) in [6, 6.07) is 13.1. The van der Waals surface area contributed by atoms with E-state index in [2.05, 4.69) is 5.32 Å². The summed E-state index contributed by atoms with van der Waals surface area (Å²) in [6.45, 7) is 4.07. The summed E-state index contributed by atoms with van der Waals surface area (Å²) in [5.41, 5.74) is 2.82. The van der Waals surface area contributed by atoms with Crippen LogP contribution in [0, 0.1) is 6.92 Å². The monoisotopic (exact) mass is 434 g/mol. The van der Waals surface area contributed by atoms with Crippen molar-refractivity contribution in [3.8, 4) is 11.5 Å². The Bertz CT molecular complexity index is 1220. The van der Waals surface area contributed by atoms with Crippen LogP contribution in [0.25, 0.3) is 11.0 Å². The number of hydrogen-bond acceptors (Lipinski definition) is 6. The van der Waals surface area contributed by atoms with Crippen LogP contribution in [0.3, 0.4) is 0 Å². The first kappa shape index (κ1) is 20.4. The van der Waals surface area contributed by atoms with Gasteiger partial charge in [0.1, 0.15) is 5.58 Å². The second kappa shape index (κ2) is 8.57. The number of anilines is 1. The lowest BCUT2D eigenvalue weighted by molar-refractivity contribution is -0.130. The molecule has 3 aromatic rings. The van der Waals surface area contributed by atoms with E-state index in [1.165, 1.54) is 6.07 Å². The molecule has 0 bridgehead atoms. The van der Waals surface area contributed by atoms with Gasteiger partial charge in [-0.25, -0.2) is 4.79 Å². The molecule has 1 aromatic heterocycles. The molecule has 0 spiro atoms. The smallest absolute Gasteiger partial charge is 0.336 e. The van der Waals surface area contributed by atoms with E-state index in [1.54, 1.807) is 6.07 Å². The fourth-order valence-electron chi connectivity index (χ4n) is 4.51. The van der Waals surface area contributed by atoms with Gasteiger partial charge in [-0.2, -0.15) is 0 Å². The van der Waals surface area contributed by atoms with E-state index < -0.39 is 0 Å². The molecule has 1 amide bonds. The van der Waals surface area contributed by atoms with Crippen LogP contribution in [0.2, 0.25) is 0 Å². The quantitative estimate of drug-likeness (QED) is 0.625. The first-order valence-electron chi connectivity index (χ1n) is 11.1. The highest BCUT2D eigenvalue weighted by molar-refractivity contribution is 5.85. The number of nitrogens with one attached hydrogen (secondary N) is 1. The number of amides is 1. The highest BCUT2D eigenvalue weighted by Gasteiger charge is 2.30. The molecule has 7 heteroatoms. The van der Waals surface area contributed by atoms with Gasteiger partial charge in [0.05, 0.1) is 25.8 Å². The zero-order valence-electron chi connectivity index (χ0n) is 18.1. The lowest BCUT2D eigenvalue weighted by Gasteiger charge is -2.26. The molecule has 5 rings (SSSR count). The molecule has 1 saturated heterocycles. The predicted molar refractivity (Wildman–Crippen MR) is 121 cm³/mol. The standard InChI is InChI=1S/C25H26N2O5/c1-16-12-25(29)32-22-14-18(6-7-19(16)22)26-15-24(28)27-9-2-4-20(27)17-5-8-21-23(13-17)31-11-3-10-30-21/h5-8,12-14,20,26H,2-4,9-11,15H2,1H3/t20-/m0/s1. The number of benzene rings is 2. The van der Waals surface area contributed by atoms with Gasteiger partial charge in [-0.15, -0.1) is 0 Å². The maximum Gasteiger partial charge on any atom is 0.336 e. The number of likely N-dealkylation sites (tertiary alicyclic amines) is 1. The van der Waals surface area contributed by atoms with Crippen molar-refractivity contribution >= 4 is 22.6 Å². The predicted octanol–water partition coefficient (Wildman–Crippen LogP) is 4.04. The number of rotatable bonds is 4. The molecule has 1 atom stereocenters. The molecule has 2 aliphatic heterocycles. The number of ether oxygens (including phenoxy) is 2. The number of nitrogens with zero attached hydrogens (tertiary/aromatic N) is 1. The molecule has 0 saturated carbocycles. The summed E-state index contributed by atoms with van der Waals surface area (Å²) in [6.07, 6.45) is 2.75. The average molecular weight is 434 g/mol. The van der Waals surface area contributed by atoms with Crippen LogP contribution in [-0.2, 0) is 4.79 Å². The van der Waals surface area contributed by atoms with Crippen molar-refractivity contribution in [2.75, 3.05) is 31.6 Å². The highest BCUT2D eigenvalue weighted by atomic mass is 16.5. The van der Waals surface area contributed by atoms with Crippen LogP contribution in [0.4, 0.5) is 5.69 Å². The topological polar surface area (TPSA) is 81.0 Å². The van der Waals surface area contributed by atoms with Crippen LogP contribution >= 0.6 is 0 Å². The summed E-state index contributed by atoms with van der Waals surface area (Å²) in [7, 11) is 0. The average Bonchev–Trinajstić information content (AvgIpc) is 3.16. The SMILES string of the molecule is Cc1cc(=O)oc2cc(NCC(=O)N3CCC[C@H]3c3ccc4c(c3)OCCCO4)ccc12. The van der Waals surface area contributed by atoms with E-state index in [0.29, 0.717) is 18.8 Å². The zero-order chi connectivity index (χ0) is 22.1.